The average molecular weight is 246 g/mol. The van der Waals surface area contributed by atoms with Crippen LogP contribution in [0.4, 0.5) is 0 Å². The molecule has 18 heavy (non-hydrogen) atoms. The van der Waals surface area contributed by atoms with Crippen molar-refractivity contribution in [3.05, 3.63) is 36.0 Å². The molecule has 0 atom stereocenters. The highest BCUT2D eigenvalue weighted by molar-refractivity contribution is 5.83. The van der Waals surface area contributed by atoms with Crippen molar-refractivity contribution in [2.75, 3.05) is 20.3 Å². The maximum absolute atomic E-state index is 5.11. The van der Waals surface area contributed by atoms with Gasteiger partial charge < -0.3 is 14.6 Å². The first-order chi connectivity index (χ1) is 8.86. The summed E-state index contributed by atoms with van der Waals surface area (Å²) in [4.78, 5) is 0. The van der Waals surface area contributed by atoms with E-state index in [9.17, 15) is 0 Å². The number of ether oxygens (including phenoxy) is 1. The molecule has 0 bridgehead atoms. The minimum atomic E-state index is 0.816. The monoisotopic (exact) mass is 246 g/mol. The van der Waals surface area contributed by atoms with Crippen LogP contribution in [0.5, 0.6) is 0 Å². The zero-order chi connectivity index (χ0) is 12.8. The predicted octanol–water partition coefficient (Wildman–Crippen LogP) is 2.79. The Hall–Kier alpha value is -1.32. The number of hydrogen-bond acceptors (Lipinski definition) is 2. The highest BCUT2D eigenvalue weighted by atomic mass is 16.5. The second-order valence-corrected chi connectivity index (χ2v) is 4.49. The molecule has 0 unspecified atom stereocenters. The molecule has 2 aromatic rings. The summed E-state index contributed by atoms with van der Waals surface area (Å²) in [7, 11) is 1.75. The van der Waals surface area contributed by atoms with E-state index in [1.807, 2.05) is 0 Å². The number of hydrogen-bond donors (Lipinski definition) is 1. The minimum absolute atomic E-state index is 0.816. The van der Waals surface area contributed by atoms with E-state index < -0.39 is 0 Å². The fraction of sp³-hybridized carbons (Fsp3) is 0.467. The smallest absolute Gasteiger partial charge is 0.0483 e. The molecule has 1 N–H and O–H groups in total. The summed E-state index contributed by atoms with van der Waals surface area (Å²) in [5.74, 6) is 0. The average Bonchev–Trinajstić information content (AvgIpc) is 2.81. The van der Waals surface area contributed by atoms with E-state index in [4.69, 9.17) is 4.74 Å². The summed E-state index contributed by atoms with van der Waals surface area (Å²) in [6, 6.07) is 8.75. The Morgan fingerprint density at radius 2 is 2.17 bits per heavy atom. The van der Waals surface area contributed by atoms with Crippen molar-refractivity contribution >= 4 is 10.9 Å². The Bertz CT molecular complexity index is 490. The van der Waals surface area contributed by atoms with Crippen LogP contribution in [-0.2, 0) is 17.8 Å². The second kappa shape index (κ2) is 6.57. The fourth-order valence-corrected chi connectivity index (χ4v) is 2.28. The maximum Gasteiger partial charge on any atom is 0.0483 e. The molecule has 1 heterocycles. The Labute approximate surface area is 109 Å². The number of aromatic nitrogens is 1. The van der Waals surface area contributed by atoms with Gasteiger partial charge in [-0.15, -0.1) is 0 Å². The Balaban J connectivity index is 2.19. The molecule has 0 aliphatic heterocycles. The number of benzene rings is 1. The molecule has 0 spiro atoms. The summed E-state index contributed by atoms with van der Waals surface area (Å²) < 4.78 is 7.42. The Kier molecular flexibility index (Phi) is 4.79. The summed E-state index contributed by atoms with van der Waals surface area (Å²) in [6.07, 6.45) is 3.23. The zero-order valence-electron chi connectivity index (χ0n) is 11.3. The molecule has 1 aromatic carbocycles. The van der Waals surface area contributed by atoms with Crippen LogP contribution in [0, 0.1) is 0 Å². The van der Waals surface area contributed by atoms with Crippen LogP contribution in [0.3, 0.4) is 0 Å². The number of rotatable bonds is 7. The summed E-state index contributed by atoms with van der Waals surface area (Å²) >= 11 is 0. The van der Waals surface area contributed by atoms with Gasteiger partial charge in [0.2, 0.25) is 0 Å². The van der Waals surface area contributed by atoms with Crippen LogP contribution in [-0.4, -0.2) is 24.8 Å². The van der Waals surface area contributed by atoms with Crippen LogP contribution in [0.1, 0.15) is 18.9 Å². The summed E-state index contributed by atoms with van der Waals surface area (Å²) in [6.45, 7) is 5.91. The molecule has 0 aliphatic rings. The van der Waals surface area contributed by atoms with Crippen LogP contribution in [0.25, 0.3) is 10.9 Å². The topological polar surface area (TPSA) is 26.2 Å². The van der Waals surface area contributed by atoms with Crippen molar-refractivity contribution in [3.63, 3.8) is 0 Å². The lowest BCUT2D eigenvalue weighted by Gasteiger charge is -2.07. The van der Waals surface area contributed by atoms with E-state index in [-0.39, 0.29) is 0 Å². The van der Waals surface area contributed by atoms with E-state index in [1.165, 1.54) is 16.5 Å². The number of fused-ring (bicyclic) bond motifs is 1. The third-order valence-corrected chi connectivity index (χ3v) is 3.22. The SMILES string of the molecule is CCNCc1cccc2c1ccn2CCCOC. The Morgan fingerprint density at radius 3 is 2.94 bits per heavy atom. The lowest BCUT2D eigenvalue weighted by Crippen LogP contribution is -2.11. The van der Waals surface area contributed by atoms with Gasteiger partial charge in [0, 0.05) is 43.9 Å². The van der Waals surface area contributed by atoms with Gasteiger partial charge in [0.25, 0.3) is 0 Å². The largest absolute Gasteiger partial charge is 0.385 e. The predicted molar refractivity (Wildman–Crippen MR) is 75.8 cm³/mol. The first kappa shape index (κ1) is 13.1. The molecule has 98 valence electrons. The van der Waals surface area contributed by atoms with E-state index in [0.29, 0.717) is 0 Å². The van der Waals surface area contributed by atoms with Crippen LogP contribution >= 0.6 is 0 Å². The number of nitrogens with one attached hydrogen (secondary N) is 1. The van der Waals surface area contributed by atoms with Gasteiger partial charge in [0.1, 0.15) is 0 Å². The van der Waals surface area contributed by atoms with Crippen molar-refractivity contribution < 1.29 is 4.74 Å². The number of aryl methyl sites for hydroxylation is 1. The van der Waals surface area contributed by atoms with Crippen LogP contribution in [0.15, 0.2) is 30.5 Å². The molecule has 1 aromatic heterocycles. The lowest BCUT2D eigenvalue weighted by atomic mass is 10.1. The van der Waals surface area contributed by atoms with Crippen molar-refractivity contribution in [1.82, 2.24) is 9.88 Å². The van der Waals surface area contributed by atoms with Crippen molar-refractivity contribution in [2.45, 2.75) is 26.4 Å². The van der Waals surface area contributed by atoms with Crippen molar-refractivity contribution in [2.24, 2.45) is 0 Å². The molecule has 0 aliphatic carbocycles. The number of nitrogens with zero attached hydrogens (tertiary/aromatic N) is 1. The molecule has 0 fully saturated rings. The van der Waals surface area contributed by atoms with Gasteiger partial charge in [-0.25, -0.2) is 0 Å². The van der Waals surface area contributed by atoms with Gasteiger partial charge >= 0.3 is 0 Å². The van der Waals surface area contributed by atoms with Gasteiger partial charge in [0.15, 0.2) is 0 Å². The van der Waals surface area contributed by atoms with E-state index in [2.05, 4.69) is 47.3 Å². The molecule has 0 saturated carbocycles. The van der Waals surface area contributed by atoms with Gasteiger partial charge in [-0.3, -0.25) is 0 Å². The molecule has 3 heteroatoms. The normalized spacial score (nSPS) is 11.2. The standard InChI is InChI=1S/C15H22N2O/c1-3-16-12-13-6-4-7-15-14(13)8-10-17(15)9-5-11-18-2/h4,6-8,10,16H,3,5,9,11-12H2,1-2H3. The summed E-state index contributed by atoms with van der Waals surface area (Å²) in [5.41, 5.74) is 2.70. The lowest BCUT2D eigenvalue weighted by molar-refractivity contribution is 0.190. The van der Waals surface area contributed by atoms with Crippen molar-refractivity contribution in [3.8, 4) is 0 Å². The van der Waals surface area contributed by atoms with Gasteiger partial charge in [-0.1, -0.05) is 19.1 Å². The Morgan fingerprint density at radius 1 is 1.28 bits per heavy atom. The third kappa shape index (κ3) is 2.92. The van der Waals surface area contributed by atoms with E-state index in [1.54, 1.807) is 7.11 Å². The molecular weight excluding hydrogens is 224 g/mol. The first-order valence-electron chi connectivity index (χ1n) is 6.63. The third-order valence-electron chi connectivity index (χ3n) is 3.22. The van der Waals surface area contributed by atoms with Gasteiger partial charge in [-0.2, -0.15) is 0 Å². The second-order valence-electron chi connectivity index (χ2n) is 4.49. The highest BCUT2D eigenvalue weighted by Crippen LogP contribution is 2.20. The van der Waals surface area contributed by atoms with Crippen molar-refractivity contribution in [1.29, 1.82) is 0 Å². The van der Waals surface area contributed by atoms with Crippen LogP contribution in [0.2, 0.25) is 0 Å². The molecule has 0 radical (unpaired) electrons. The quantitative estimate of drug-likeness (QED) is 0.760. The van der Waals surface area contributed by atoms with Gasteiger partial charge in [0.05, 0.1) is 0 Å². The number of methoxy groups -OCH3 is 1. The fourth-order valence-electron chi connectivity index (χ4n) is 2.28. The maximum atomic E-state index is 5.11. The minimum Gasteiger partial charge on any atom is -0.385 e. The van der Waals surface area contributed by atoms with Crippen LogP contribution < -0.4 is 5.32 Å². The van der Waals surface area contributed by atoms with E-state index >= 15 is 0 Å². The zero-order valence-corrected chi connectivity index (χ0v) is 11.3. The molecular formula is C15H22N2O. The van der Waals surface area contributed by atoms with E-state index in [0.717, 1.165) is 32.7 Å². The highest BCUT2D eigenvalue weighted by Gasteiger charge is 2.04. The molecule has 0 saturated heterocycles. The molecule has 2 rings (SSSR count). The molecule has 3 nitrogen and oxygen atoms in total. The first-order valence-corrected chi connectivity index (χ1v) is 6.63. The summed E-state index contributed by atoms with van der Waals surface area (Å²) in [5, 5.41) is 4.75. The van der Waals surface area contributed by atoms with Gasteiger partial charge in [-0.05, 0) is 30.7 Å². The molecule has 0 amide bonds.